The average Bonchev–Trinajstić information content (AvgIpc) is 2.61. The van der Waals surface area contributed by atoms with Crippen LogP contribution in [0.4, 0.5) is 0 Å². The zero-order valence-corrected chi connectivity index (χ0v) is 13.9. The molecule has 0 spiro atoms. The first-order valence-electron chi connectivity index (χ1n) is 7.49. The number of hydrogen-bond donors (Lipinski definition) is 0. The van der Waals surface area contributed by atoms with E-state index >= 15 is 0 Å². The van der Waals surface area contributed by atoms with Gasteiger partial charge in [0.25, 0.3) is 10.1 Å². The van der Waals surface area contributed by atoms with Gasteiger partial charge in [-0.05, 0) is 18.4 Å². The third-order valence-corrected chi connectivity index (χ3v) is 5.15. The standard InChI is InChI=1S/C19H16O4S/c1-14(19(20)16-9-3-2-4-10-16)23-24(21,22)18-13-7-11-15-8-5-6-12-17(15)18/h2-14H,1H3/t14-/m1/s1. The van der Waals surface area contributed by atoms with Crippen molar-refractivity contribution < 1.29 is 17.4 Å². The Balaban J connectivity index is 1.92. The van der Waals surface area contributed by atoms with Gasteiger partial charge in [0.15, 0.2) is 5.78 Å². The van der Waals surface area contributed by atoms with E-state index in [4.69, 9.17) is 4.18 Å². The van der Waals surface area contributed by atoms with Gasteiger partial charge in [-0.2, -0.15) is 8.42 Å². The molecule has 24 heavy (non-hydrogen) atoms. The van der Waals surface area contributed by atoms with Gasteiger partial charge in [-0.25, -0.2) is 0 Å². The third-order valence-electron chi connectivity index (χ3n) is 3.72. The molecular formula is C19H16O4S. The monoisotopic (exact) mass is 340 g/mol. The molecule has 0 heterocycles. The summed E-state index contributed by atoms with van der Waals surface area (Å²) in [5.74, 6) is -0.376. The average molecular weight is 340 g/mol. The van der Waals surface area contributed by atoms with Crippen molar-refractivity contribution in [1.29, 1.82) is 0 Å². The molecule has 0 fully saturated rings. The summed E-state index contributed by atoms with van der Waals surface area (Å²) in [6.07, 6.45) is -1.10. The van der Waals surface area contributed by atoms with Crippen LogP contribution < -0.4 is 0 Å². The number of fused-ring (bicyclic) bond motifs is 1. The van der Waals surface area contributed by atoms with Gasteiger partial charge in [0.2, 0.25) is 0 Å². The molecule has 0 saturated heterocycles. The molecule has 0 amide bonds. The second kappa shape index (κ2) is 6.55. The van der Waals surface area contributed by atoms with Crippen LogP contribution in [0.3, 0.4) is 0 Å². The molecule has 0 bridgehead atoms. The molecule has 3 aromatic rings. The molecule has 3 aromatic carbocycles. The molecule has 0 radical (unpaired) electrons. The van der Waals surface area contributed by atoms with Gasteiger partial charge in [0.1, 0.15) is 11.0 Å². The van der Waals surface area contributed by atoms with Gasteiger partial charge in [-0.1, -0.05) is 66.7 Å². The van der Waals surface area contributed by atoms with Crippen LogP contribution in [0.1, 0.15) is 17.3 Å². The SMILES string of the molecule is C[C@@H](OS(=O)(=O)c1cccc2ccccc12)C(=O)c1ccccc1. The minimum Gasteiger partial charge on any atom is -0.291 e. The normalized spacial score (nSPS) is 12.9. The molecule has 1 atom stereocenters. The number of hydrogen-bond acceptors (Lipinski definition) is 4. The lowest BCUT2D eigenvalue weighted by atomic mass is 10.1. The summed E-state index contributed by atoms with van der Waals surface area (Å²) in [5, 5.41) is 1.36. The summed E-state index contributed by atoms with van der Waals surface area (Å²) in [7, 11) is -4.06. The van der Waals surface area contributed by atoms with Crippen LogP contribution in [0.15, 0.2) is 77.7 Å². The number of carbonyl (C=O) groups excluding carboxylic acids is 1. The maximum atomic E-state index is 12.6. The van der Waals surface area contributed by atoms with E-state index in [0.717, 1.165) is 5.39 Å². The molecule has 0 aliphatic carbocycles. The molecule has 4 nitrogen and oxygen atoms in total. The molecule has 0 saturated carbocycles. The topological polar surface area (TPSA) is 60.4 Å². The predicted octanol–water partition coefficient (Wildman–Crippen LogP) is 3.82. The molecule has 0 aromatic heterocycles. The summed E-state index contributed by atoms with van der Waals surface area (Å²) in [4.78, 5) is 12.4. The van der Waals surface area contributed by atoms with E-state index in [9.17, 15) is 13.2 Å². The summed E-state index contributed by atoms with van der Waals surface area (Å²) in [5.41, 5.74) is 0.415. The fraction of sp³-hybridized carbons (Fsp3) is 0.105. The Morgan fingerprint density at radius 1 is 0.875 bits per heavy atom. The van der Waals surface area contributed by atoms with Gasteiger partial charge < -0.3 is 0 Å². The first-order chi connectivity index (χ1) is 11.5. The van der Waals surface area contributed by atoms with Gasteiger partial charge in [-0.15, -0.1) is 0 Å². The zero-order valence-electron chi connectivity index (χ0n) is 13.0. The van der Waals surface area contributed by atoms with Crippen LogP contribution >= 0.6 is 0 Å². The van der Waals surface area contributed by atoms with Crippen LogP contribution in [0.5, 0.6) is 0 Å². The van der Waals surface area contributed by atoms with E-state index in [1.807, 2.05) is 18.2 Å². The lowest BCUT2D eigenvalue weighted by Gasteiger charge is -2.13. The summed E-state index contributed by atoms with van der Waals surface area (Å²) >= 11 is 0. The molecular weight excluding hydrogens is 324 g/mol. The number of Topliss-reactive ketones (excluding diaryl/α,β-unsaturated/α-hetero) is 1. The van der Waals surface area contributed by atoms with Crippen LogP contribution in [0.25, 0.3) is 10.8 Å². The van der Waals surface area contributed by atoms with Crippen molar-refractivity contribution >= 4 is 26.7 Å². The Hall–Kier alpha value is -2.50. The highest BCUT2D eigenvalue weighted by Gasteiger charge is 2.25. The molecule has 0 unspecified atom stereocenters. The van der Waals surface area contributed by atoms with Crippen molar-refractivity contribution in [3.05, 3.63) is 78.4 Å². The van der Waals surface area contributed by atoms with Crippen LogP contribution in [0, 0.1) is 0 Å². The summed E-state index contributed by atoms with van der Waals surface area (Å²) in [6, 6.07) is 20.6. The smallest absolute Gasteiger partial charge is 0.291 e. The van der Waals surface area contributed by atoms with Crippen molar-refractivity contribution in [2.75, 3.05) is 0 Å². The van der Waals surface area contributed by atoms with Crippen molar-refractivity contribution in [2.24, 2.45) is 0 Å². The van der Waals surface area contributed by atoms with Crippen molar-refractivity contribution in [1.82, 2.24) is 0 Å². The molecule has 0 N–H and O–H groups in total. The minimum absolute atomic E-state index is 0.0633. The Morgan fingerprint density at radius 3 is 2.25 bits per heavy atom. The van der Waals surface area contributed by atoms with Gasteiger partial charge in [-0.3, -0.25) is 8.98 Å². The van der Waals surface area contributed by atoms with E-state index in [-0.39, 0.29) is 10.7 Å². The second-order valence-electron chi connectivity index (χ2n) is 5.40. The van der Waals surface area contributed by atoms with E-state index in [0.29, 0.717) is 10.9 Å². The van der Waals surface area contributed by atoms with E-state index < -0.39 is 16.2 Å². The highest BCUT2D eigenvalue weighted by atomic mass is 32.2. The zero-order chi connectivity index (χ0) is 17.2. The van der Waals surface area contributed by atoms with E-state index in [2.05, 4.69) is 0 Å². The van der Waals surface area contributed by atoms with Gasteiger partial charge in [0.05, 0.1) is 0 Å². The minimum atomic E-state index is -4.06. The first kappa shape index (κ1) is 16.4. The highest BCUT2D eigenvalue weighted by molar-refractivity contribution is 7.87. The Morgan fingerprint density at radius 2 is 1.50 bits per heavy atom. The molecule has 5 heteroatoms. The number of ketones is 1. The summed E-state index contributed by atoms with van der Waals surface area (Å²) in [6.45, 7) is 1.44. The Bertz CT molecular complexity index is 973. The Labute approximate surface area is 140 Å². The van der Waals surface area contributed by atoms with Crippen molar-refractivity contribution in [3.63, 3.8) is 0 Å². The quantitative estimate of drug-likeness (QED) is 0.523. The van der Waals surface area contributed by atoms with Gasteiger partial charge in [0, 0.05) is 10.9 Å². The lowest BCUT2D eigenvalue weighted by molar-refractivity contribution is 0.0826. The van der Waals surface area contributed by atoms with E-state index in [1.54, 1.807) is 48.5 Å². The maximum Gasteiger partial charge on any atom is 0.298 e. The molecule has 0 aliphatic heterocycles. The highest BCUT2D eigenvalue weighted by Crippen LogP contribution is 2.25. The number of benzene rings is 3. The second-order valence-corrected chi connectivity index (χ2v) is 6.94. The first-order valence-corrected chi connectivity index (χ1v) is 8.90. The fourth-order valence-corrected chi connectivity index (χ4v) is 3.81. The van der Waals surface area contributed by atoms with Gasteiger partial charge >= 0.3 is 0 Å². The summed E-state index contributed by atoms with van der Waals surface area (Å²) < 4.78 is 30.4. The molecule has 3 rings (SSSR count). The number of rotatable bonds is 5. The molecule has 0 aliphatic rings. The lowest BCUT2D eigenvalue weighted by Crippen LogP contribution is -2.24. The van der Waals surface area contributed by atoms with Crippen LogP contribution in [-0.2, 0) is 14.3 Å². The van der Waals surface area contributed by atoms with Crippen LogP contribution in [-0.4, -0.2) is 20.3 Å². The third kappa shape index (κ3) is 3.22. The largest absolute Gasteiger partial charge is 0.298 e. The van der Waals surface area contributed by atoms with Crippen molar-refractivity contribution in [3.8, 4) is 0 Å². The Kier molecular flexibility index (Phi) is 4.46. The predicted molar refractivity (Wildman–Crippen MR) is 92.5 cm³/mol. The molecule has 122 valence electrons. The van der Waals surface area contributed by atoms with Crippen molar-refractivity contribution in [2.45, 2.75) is 17.9 Å². The maximum absolute atomic E-state index is 12.6. The number of carbonyl (C=O) groups is 1. The van der Waals surface area contributed by atoms with Crippen LogP contribution in [0.2, 0.25) is 0 Å². The fourth-order valence-electron chi connectivity index (χ4n) is 2.54. The van der Waals surface area contributed by atoms with E-state index in [1.165, 1.54) is 13.0 Å².